The van der Waals surface area contributed by atoms with E-state index in [9.17, 15) is 13.2 Å². The lowest BCUT2D eigenvalue weighted by Gasteiger charge is -2.31. The van der Waals surface area contributed by atoms with Crippen LogP contribution in [0.4, 0.5) is 5.69 Å². The van der Waals surface area contributed by atoms with E-state index in [1.54, 1.807) is 11.8 Å². The van der Waals surface area contributed by atoms with Gasteiger partial charge in [0.15, 0.2) is 0 Å². The van der Waals surface area contributed by atoms with Gasteiger partial charge < -0.3 is 5.32 Å². The zero-order chi connectivity index (χ0) is 21.6. The van der Waals surface area contributed by atoms with E-state index in [0.717, 1.165) is 22.3 Å². The fourth-order valence-electron chi connectivity index (χ4n) is 3.09. The fourth-order valence-corrected chi connectivity index (χ4v) is 5.12. The molecule has 1 N–H and O–H groups in total. The van der Waals surface area contributed by atoms with Gasteiger partial charge in [-0.05, 0) is 56.5 Å². The Morgan fingerprint density at radius 3 is 2.28 bits per heavy atom. The molecule has 7 heteroatoms. The third kappa shape index (κ3) is 6.51. The standard InChI is InChI=1S/C22H30N2O3S2/c1-6-20(22(25)23-13-14-28-19-11-8-16(2)9-12-19)24(29(5,26)27)21-15-17(3)7-10-18(21)4/h7-12,15,20H,6,13-14H2,1-5H3,(H,23,25)/t20-/m0/s1. The van der Waals surface area contributed by atoms with Gasteiger partial charge in [0.25, 0.3) is 0 Å². The first-order valence-corrected chi connectivity index (χ1v) is 12.5. The van der Waals surface area contributed by atoms with Gasteiger partial charge in [-0.3, -0.25) is 9.10 Å². The van der Waals surface area contributed by atoms with Crippen molar-refractivity contribution in [3.05, 3.63) is 59.2 Å². The smallest absolute Gasteiger partial charge is 0.243 e. The Balaban J connectivity index is 2.10. The normalized spacial score (nSPS) is 12.4. The van der Waals surface area contributed by atoms with Crippen molar-refractivity contribution in [1.82, 2.24) is 5.32 Å². The molecule has 0 fully saturated rings. The zero-order valence-corrected chi connectivity index (χ0v) is 19.4. The molecular weight excluding hydrogens is 404 g/mol. The molecular formula is C22H30N2O3S2. The van der Waals surface area contributed by atoms with Crippen LogP contribution in [0.2, 0.25) is 0 Å². The Hall–Kier alpha value is -1.99. The highest BCUT2D eigenvalue weighted by atomic mass is 32.2. The maximum absolute atomic E-state index is 12.9. The van der Waals surface area contributed by atoms with Gasteiger partial charge in [0.1, 0.15) is 6.04 Å². The Morgan fingerprint density at radius 1 is 1.07 bits per heavy atom. The number of nitrogens with zero attached hydrogens (tertiary/aromatic N) is 1. The Kier molecular flexibility index (Phi) is 8.16. The summed E-state index contributed by atoms with van der Waals surface area (Å²) in [5, 5.41) is 2.91. The molecule has 0 aliphatic carbocycles. The molecule has 2 aromatic carbocycles. The fraction of sp³-hybridized carbons (Fsp3) is 0.409. The third-order valence-electron chi connectivity index (χ3n) is 4.62. The summed E-state index contributed by atoms with van der Waals surface area (Å²) in [6, 6.07) is 13.1. The lowest BCUT2D eigenvalue weighted by Crippen LogP contribution is -2.50. The monoisotopic (exact) mass is 434 g/mol. The highest BCUT2D eigenvalue weighted by molar-refractivity contribution is 7.99. The number of nitrogens with one attached hydrogen (secondary N) is 1. The van der Waals surface area contributed by atoms with E-state index < -0.39 is 16.1 Å². The van der Waals surface area contributed by atoms with Crippen LogP contribution in [-0.2, 0) is 14.8 Å². The highest BCUT2D eigenvalue weighted by Gasteiger charge is 2.32. The first-order chi connectivity index (χ1) is 13.6. The van der Waals surface area contributed by atoms with Crippen molar-refractivity contribution in [2.45, 2.75) is 45.1 Å². The summed E-state index contributed by atoms with van der Waals surface area (Å²) in [7, 11) is -3.62. The molecule has 0 aliphatic rings. The number of carbonyl (C=O) groups excluding carboxylic acids is 1. The quantitative estimate of drug-likeness (QED) is 0.477. The van der Waals surface area contributed by atoms with E-state index in [1.807, 2.05) is 45.9 Å². The zero-order valence-electron chi connectivity index (χ0n) is 17.7. The second kappa shape index (κ2) is 10.2. The van der Waals surface area contributed by atoms with Crippen LogP contribution in [0, 0.1) is 20.8 Å². The van der Waals surface area contributed by atoms with E-state index in [4.69, 9.17) is 0 Å². The van der Waals surface area contributed by atoms with Crippen LogP contribution in [-0.4, -0.2) is 38.9 Å². The second-order valence-corrected chi connectivity index (χ2v) is 10.3. The predicted octanol–water partition coefficient (Wildman–Crippen LogP) is 4.06. The van der Waals surface area contributed by atoms with Crippen molar-refractivity contribution in [2.75, 3.05) is 22.9 Å². The van der Waals surface area contributed by atoms with E-state index in [0.29, 0.717) is 24.4 Å². The summed E-state index contributed by atoms with van der Waals surface area (Å²) in [6.07, 6.45) is 1.54. The summed E-state index contributed by atoms with van der Waals surface area (Å²) in [5.74, 6) is 0.441. The van der Waals surface area contributed by atoms with Crippen LogP contribution in [0.25, 0.3) is 0 Å². The molecule has 0 saturated heterocycles. The number of amides is 1. The number of thioether (sulfide) groups is 1. The Labute approximate surface area is 178 Å². The van der Waals surface area contributed by atoms with Crippen molar-refractivity contribution in [1.29, 1.82) is 0 Å². The van der Waals surface area contributed by atoms with Crippen LogP contribution < -0.4 is 9.62 Å². The van der Waals surface area contributed by atoms with Crippen molar-refractivity contribution in [2.24, 2.45) is 0 Å². The predicted molar refractivity (Wildman–Crippen MR) is 122 cm³/mol. The molecule has 0 heterocycles. The summed E-state index contributed by atoms with van der Waals surface area (Å²) in [5.41, 5.74) is 3.54. The minimum absolute atomic E-state index is 0.275. The highest BCUT2D eigenvalue weighted by Crippen LogP contribution is 2.27. The third-order valence-corrected chi connectivity index (χ3v) is 6.80. The molecule has 0 spiro atoms. The summed E-state index contributed by atoms with van der Waals surface area (Å²) in [6.45, 7) is 8.11. The number of anilines is 1. The molecule has 158 valence electrons. The Bertz CT molecular complexity index is 941. The van der Waals surface area contributed by atoms with Gasteiger partial charge in [0, 0.05) is 17.2 Å². The topological polar surface area (TPSA) is 66.5 Å². The first-order valence-electron chi connectivity index (χ1n) is 9.67. The minimum Gasteiger partial charge on any atom is -0.353 e. The number of benzene rings is 2. The van der Waals surface area contributed by atoms with Crippen LogP contribution >= 0.6 is 11.8 Å². The van der Waals surface area contributed by atoms with E-state index >= 15 is 0 Å². The van der Waals surface area contributed by atoms with Crippen LogP contribution in [0.3, 0.4) is 0 Å². The largest absolute Gasteiger partial charge is 0.353 e. The van der Waals surface area contributed by atoms with Gasteiger partial charge in [-0.1, -0.05) is 36.8 Å². The lowest BCUT2D eigenvalue weighted by molar-refractivity contribution is -0.122. The molecule has 5 nitrogen and oxygen atoms in total. The van der Waals surface area contributed by atoms with Gasteiger partial charge in [-0.2, -0.15) is 0 Å². The molecule has 0 unspecified atom stereocenters. The summed E-state index contributed by atoms with van der Waals surface area (Å²) >= 11 is 1.66. The maximum atomic E-state index is 12.9. The number of hydrogen-bond donors (Lipinski definition) is 1. The molecule has 1 amide bonds. The number of hydrogen-bond acceptors (Lipinski definition) is 4. The van der Waals surface area contributed by atoms with E-state index in [2.05, 4.69) is 29.6 Å². The van der Waals surface area contributed by atoms with Crippen molar-refractivity contribution < 1.29 is 13.2 Å². The molecule has 0 radical (unpaired) electrons. The van der Waals surface area contributed by atoms with Gasteiger partial charge >= 0.3 is 0 Å². The average Bonchev–Trinajstić information content (AvgIpc) is 2.65. The number of aryl methyl sites for hydroxylation is 3. The molecule has 2 rings (SSSR count). The van der Waals surface area contributed by atoms with Gasteiger partial charge in [0.2, 0.25) is 15.9 Å². The molecule has 0 aromatic heterocycles. The van der Waals surface area contributed by atoms with Crippen LogP contribution in [0.1, 0.15) is 30.0 Å². The lowest BCUT2D eigenvalue weighted by atomic mass is 10.1. The molecule has 2 aromatic rings. The SMILES string of the molecule is CC[C@@H](C(=O)NCCSc1ccc(C)cc1)N(c1cc(C)ccc1C)S(C)(=O)=O. The van der Waals surface area contributed by atoms with Gasteiger partial charge in [-0.15, -0.1) is 11.8 Å². The van der Waals surface area contributed by atoms with Crippen LogP contribution in [0.15, 0.2) is 47.4 Å². The molecule has 0 saturated carbocycles. The number of rotatable bonds is 9. The first kappa shape index (κ1) is 23.3. The Morgan fingerprint density at radius 2 is 1.69 bits per heavy atom. The summed E-state index contributed by atoms with van der Waals surface area (Å²) in [4.78, 5) is 14.0. The minimum atomic E-state index is -3.62. The second-order valence-electron chi connectivity index (χ2n) is 7.23. The van der Waals surface area contributed by atoms with Gasteiger partial charge in [-0.25, -0.2) is 8.42 Å². The molecule has 0 aliphatic heterocycles. The van der Waals surface area contributed by atoms with Crippen molar-refractivity contribution >= 4 is 33.4 Å². The molecule has 1 atom stereocenters. The molecule has 0 bridgehead atoms. The van der Waals surface area contributed by atoms with Crippen molar-refractivity contribution in [3.63, 3.8) is 0 Å². The maximum Gasteiger partial charge on any atom is 0.243 e. The molecule has 29 heavy (non-hydrogen) atoms. The number of sulfonamides is 1. The van der Waals surface area contributed by atoms with Crippen LogP contribution in [0.5, 0.6) is 0 Å². The van der Waals surface area contributed by atoms with E-state index in [-0.39, 0.29) is 5.91 Å². The number of carbonyl (C=O) groups is 1. The van der Waals surface area contributed by atoms with Crippen molar-refractivity contribution in [3.8, 4) is 0 Å². The average molecular weight is 435 g/mol. The van der Waals surface area contributed by atoms with E-state index in [1.165, 1.54) is 9.87 Å². The van der Waals surface area contributed by atoms with Gasteiger partial charge in [0.05, 0.1) is 11.9 Å². The summed E-state index contributed by atoms with van der Waals surface area (Å²) < 4.78 is 26.4.